The first kappa shape index (κ1) is 16.1. The molecular formula is C17H30N4. The molecule has 21 heavy (non-hydrogen) atoms. The van der Waals surface area contributed by atoms with Crippen LogP contribution in [0.5, 0.6) is 0 Å². The number of aromatic nitrogens is 2. The third kappa shape index (κ3) is 4.32. The minimum Gasteiger partial charge on any atom is -0.370 e. The fraction of sp³-hybridized carbons (Fsp3) is 0.765. The maximum atomic E-state index is 4.78. The molecule has 0 bridgehead atoms. The highest BCUT2D eigenvalue weighted by Crippen LogP contribution is 2.29. The largest absolute Gasteiger partial charge is 0.370 e. The first-order valence-corrected chi connectivity index (χ1v) is 8.48. The molecule has 0 saturated heterocycles. The molecular weight excluding hydrogens is 260 g/mol. The van der Waals surface area contributed by atoms with Gasteiger partial charge < -0.3 is 10.2 Å². The first-order valence-electron chi connectivity index (χ1n) is 8.48. The molecule has 4 heteroatoms. The molecule has 0 aliphatic heterocycles. The third-order valence-corrected chi connectivity index (χ3v) is 4.41. The highest BCUT2D eigenvalue weighted by molar-refractivity contribution is 5.49. The van der Waals surface area contributed by atoms with Crippen molar-refractivity contribution in [2.75, 3.05) is 23.8 Å². The predicted octanol–water partition coefficient (Wildman–Crippen LogP) is 3.88. The molecule has 2 rings (SSSR count). The van der Waals surface area contributed by atoms with Gasteiger partial charge in [0.05, 0.1) is 0 Å². The van der Waals surface area contributed by atoms with E-state index in [1.54, 1.807) is 0 Å². The van der Waals surface area contributed by atoms with Gasteiger partial charge in [0.25, 0.3) is 0 Å². The van der Waals surface area contributed by atoms with E-state index in [2.05, 4.69) is 49.1 Å². The van der Waals surface area contributed by atoms with Crippen LogP contribution in [-0.4, -0.2) is 29.6 Å². The van der Waals surface area contributed by atoms with Gasteiger partial charge in [-0.15, -0.1) is 0 Å². The monoisotopic (exact) mass is 290 g/mol. The summed E-state index contributed by atoms with van der Waals surface area (Å²) in [4.78, 5) is 11.8. The summed E-state index contributed by atoms with van der Waals surface area (Å²) in [5, 5.41) is 3.34. The summed E-state index contributed by atoms with van der Waals surface area (Å²) in [7, 11) is 2.19. The molecule has 4 nitrogen and oxygen atoms in total. The molecule has 1 aromatic rings. The lowest BCUT2D eigenvalue weighted by atomic mass is 9.86. The van der Waals surface area contributed by atoms with E-state index >= 15 is 0 Å². The maximum Gasteiger partial charge on any atom is 0.134 e. The van der Waals surface area contributed by atoms with Crippen LogP contribution in [0.15, 0.2) is 6.07 Å². The number of anilines is 2. The Bertz CT molecular complexity index is 422. The smallest absolute Gasteiger partial charge is 0.134 e. The summed E-state index contributed by atoms with van der Waals surface area (Å²) >= 11 is 0. The Morgan fingerprint density at radius 2 is 2.10 bits per heavy atom. The minimum absolute atomic E-state index is 0.618. The van der Waals surface area contributed by atoms with Gasteiger partial charge in [0.1, 0.15) is 17.5 Å². The molecule has 118 valence electrons. The Hall–Kier alpha value is -1.32. The molecule has 0 spiro atoms. The van der Waals surface area contributed by atoms with Gasteiger partial charge in [0.2, 0.25) is 0 Å². The van der Waals surface area contributed by atoms with Crippen LogP contribution < -0.4 is 10.2 Å². The molecule has 1 fully saturated rings. The number of rotatable bonds is 6. The van der Waals surface area contributed by atoms with Crippen molar-refractivity contribution in [2.45, 2.75) is 65.3 Å². The zero-order chi connectivity index (χ0) is 15.2. The SMILES string of the molecule is CCCc1nc(NCC)cc(N(C)C2CCCC(C)C2)n1. The molecule has 1 N–H and O–H groups in total. The van der Waals surface area contributed by atoms with Crippen LogP contribution in [0.4, 0.5) is 11.6 Å². The zero-order valence-corrected chi connectivity index (χ0v) is 14.0. The van der Waals surface area contributed by atoms with Crippen LogP contribution in [0.1, 0.15) is 58.7 Å². The highest BCUT2D eigenvalue weighted by Gasteiger charge is 2.23. The standard InChI is InChI=1S/C17H30N4/c1-5-8-15-19-16(18-6-2)12-17(20-15)21(4)14-10-7-9-13(3)11-14/h12-14H,5-11H2,1-4H3,(H,18,19,20). The lowest BCUT2D eigenvalue weighted by molar-refractivity contribution is 0.335. The van der Waals surface area contributed by atoms with Crippen LogP contribution in [0, 0.1) is 5.92 Å². The Labute approximate surface area is 129 Å². The molecule has 1 aliphatic rings. The lowest BCUT2D eigenvalue weighted by Gasteiger charge is -2.35. The van der Waals surface area contributed by atoms with E-state index < -0.39 is 0 Å². The van der Waals surface area contributed by atoms with E-state index in [1.165, 1.54) is 25.7 Å². The van der Waals surface area contributed by atoms with E-state index in [-0.39, 0.29) is 0 Å². The van der Waals surface area contributed by atoms with Crippen LogP contribution >= 0.6 is 0 Å². The third-order valence-electron chi connectivity index (χ3n) is 4.41. The fourth-order valence-corrected chi connectivity index (χ4v) is 3.21. The zero-order valence-electron chi connectivity index (χ0n) is 14.0. The molecule has 1 saturated carbocycles. The van der Waals surface area contributed by atoms with Crippen LogP contribution in [0.2, 0.25) is 0 Å². The van der Waals surface area contributed by atoms with Gasteiger partial charge in [0, 0.05) is 32.1 Å². The topological polar surface area (TPSA) is 41.1 Å². The number of hydrogen-bond acceptors (Lipinski definition) is 4. The van der Waals surface area contributed by atoms with E-state index in [9.17, 15) is 0 Å². The fourth-order valence-electron chi connectivity index (χ4n) is 3.21. The predicted molar refractivity (Wildman–Crippen MR) is 90.0 cm³/mol. The number of nitrogens with zero attached hydrogens (tertiary/aromatic N) is 3. The van der Waals surface area contributed by atoms with Gasteiger partial charge in [-0.1, -0.05) is 26.7 Å². The van der Waals surface area contributed by atoms with E-state index in [4.69, 9.17) is 4.98 Å². The van der Waals surface area contributed by atoms with Gasteiger partial charge >= 0.3 is 0 Å². The average Bonchev–Trinajstić information content (AvgIpc) is 2.47. The highest BCUT2D eigenvalue weighted by atomic mass is 15.2. The summed E-state index contributed by atoms with van der Waals surface area (Å²) in [5.74, 6) is 3.82. The normalized spacial score (nSPS) is 22.1. The number of hydrogen-bond donors (Lipinski definition) is 1. The second-order valence-electron chi connectivity index (χ2n) is 6.34. The van der Waals surface area contributed by atoms with E-state index in [1.807, 2.05) is 0 Å². The second-order valence-corrected chi connectivity index (χ2v) is 6.34. The summed E-state index contributed by atoms with van der Waals surface area (Å²) in [6.45, 7) is 7.54. The van der Waals surface area contributed by atoms with Crippen molar-refractivity contribution in [1.82, 2.24) is 9.97 Å². The average molecular weight is 290 g/mol. The summed E-state index contributed by atoms with van der Waals surface area (Å²) in [6.07, 6.45) is 7.30. The molecule has 0 aromatic carbocycles. The number of aryl methyl sites for hydroxylation is 1. The van der Waals surface area contributed by atoms with Crippen molar-refractivity contribution < 1.29 is 0 Å². The van der Waals surface area contributed by atoms with Crippen molar-refractivity contribution in [2.24, 2.45) is 5.92 Å². The molecule has 1 aromatic heterocycles. The van der Waals surface area contributed by atoms with Crippen molar-refractivity contribution in [3.63, 3.8) is 0 Å². The van der Waals surface area contributed by atoms with Crippen molar-refractivity contribution >= 4 is 11.6 Å². The molecule has 0 radical (unpaired) electrons. The van der Waals surface area contributed by atoms with Crippen LogP contribution in [0.3, 0.4) is 0 Å². The second kappa shape index (κ2) is 7.62. The van der Waals surface area contributed by atoms with Crippen LogP contribution in [0.25, 0.3) is 0 Å². The van der Waals surface area contributed by atoms with Gasteiger partial charge in [-0.05, 0) is 32.1 Å². The Balaban J connectivity index is 2.19. The minimum atomic E-state index is 0.618. The maximum absolute atomic E-state index is 4.78. The van der Waals surface area contributed by atoms with E-state index in [0.717, 1.165) is 42.8 Å². The lowest BCUT2D eigenvalue weighted by Crippen LogP contribution is -2.36. The Morgan fingerprint density at radius 1 is 1.29 bits per heavy atom. The Kier molecular flexibility index (Phi) is 5.83. The van der Waals surface area contributed by atoms with Gasteiger partial charge in [0.15, 0.2) is 0 Å². The quantitative estimate of drug-likeness (QED) is 0.863. The molecule has 1 aliphatic carbocycles. The molecule has 2 atom stereocenters. The molecule has 1 heterocycles. The van der Waals surface area contributed by atoms with Gasteiger partial charge in [-0.3, -0.25) is 0 Å². The van der Waals surface area contributed by atoms with Crippen molar-refractivity contribution in [3.05, 3.63) is 11.9 Å². The molecule has 2 unspecified atom stereocenters. The Morgan fingerprint density at radius 3 is 2.76 bits per heavy atom. The summed E-state index contributed by atoms with van der Waals surface area (Å²) in [6, 6.07) is 2.72. The summed E-state index contributed by atoms with van der Waals surface area (Å²) in [5.41, 5.74) is 0. The van der Waals surface area contributed by atoms with Gasteiger partial charge in [-0.25, -0.2) is 9.97 Å². The van der Waals surface area contributed by atoms with Crippen molar-refractivity contribution in [3.8, 4) is 0 Å². The van der Waals surface area contributed by atoms with Crippen molar-refractivity contribution in [1.29, 1.82) is 0 Å². The number of nitrogens with one attached hydrogen (secondary N) is 1. The summed E-state index contributed by atoms with van der Waals surface area (Å²) < 4.78 is 0. The van der Waals surface area contributed by atoms with Gasteiger partial charge in [-0.2, -0.15) is 0 Å². The van der Waals surface area contributed by atoms with Crippen LogP contribution in [-0.2, 0) is 6.42 Å². The van der Waals surface area contributed by atoms with E-state index in [0.29, 0.717) is 6.04 Å². The first-order chi connectivity index (χ1) is 10.1. The molecule has 0 amide bonds.